The number of hydrogen-bond acceptors (Lipinski definition) is 5. The van der Waals surface area contributed by atoms with E-state index in [9.17, 15) is 19.7 Å². The molecule has 0 bridgehead atoms. The van der Waals surface area contributed by atoms with E-state index in [1.807, 2.05) is 0 Å². The molecule has 7 heteroatoms. The fourth-order valence-corrected chi connectivity index (χ4v) is 3.06. The molecule has 1 aromatic carbocycles. The molecule has 7 nitrogen and oxygen atoms in total. The number of non-ortho nitro benzene ring substituents is 1. The second-order valence-electron chi connectivity index (χ2n) is 5.43. The van der Waals surface area contributed by atoms with Crippen LogP contribution in [0.1, 0.15) is 25.7 Å². The van der Waals surface area contributed by atoms with E-state index in [1.165, 1.54) is 24.3 Å². The highest BCUT2D eigenvalue weighted by molar-refractivity contribution is 6.06. The monoisotopic (exact) mass is 289 g/mol. The Hall–Kier alpha value is -2.44. The summed E-state index contributed by atoms with van der Waals surface area (Å²) in [5, 5.41) is 11.7. The van der Waals surface area contributed by atoms with Crippen molar-refractivity contribution in [1.82, 2.24) is 5.01 Å². The predicted molar refractivity (Wildman–Crippen MR) is 74.0 cm³/mol. The van der Waals surface area contributed by atoms with E-state index in [4.69, 9.17) is 0 Å². The maximum Gasteiger partial charge on any atom is 0.269 e. The van der Waals surface area contributed by atoms with Gasteiger partial charge in [0.25, 0.3) is 17.5 Å². The smallest absolute Gasteiger partial charge is 0.269 e. The molecule has 2 amide bonds. The minimum Gasteiger partial charge on any atom is -0.289 e. The molecule has 110 valence electrons. The van der Waals surface area contributed by atoms with Gasteiger partial charge in [-0.3, -0.25) is 25.1 Å². The molecule has 1 saturated carbocycles. The maximum atomic E-state index is 12.3. The Morgan fingerprint density at radius 2 is 1.57 bits per heavy atom. The molecule has 1 N–H and O–H groups in total. The summed E-state index contributed by atoms with van der Waals surface area (Å²) in [6.07, 6.45) is 3.47. The van der Waals surface area contributed by atoms with E-state index >= 15 is 0 Å². The molecule has 0 radical (unpaired) electrons. The number of nitro benzene ring substituents is 1. The van der Waals surface area contributed by atoms with E-state index in [2.05, 4.69) is 5.43 Å². The summed E-state index contributed by atoms with van der Waals surface area (Å²) in [5.41, 5.74) is 3.23. The van der Waals surface area contributed by atoms with Crippen LogP contribution in [0.3, 0.4) is 0 Å². The van der Waals surface area contributed by atoms with Gasteiger partial charge in [-0.15, -0.1) is 0 Å². The largest absolute Gasteiger partial charge is 0.289 e. The van der Waals surface area contributed by atoms with Gasteiger partial charge in [0.15, 0.2) is 0 Å². The van der Waals surface area contributed by atoms with Crippen LogP contribution in [0, 0.1) is 22.0 Å². The van der Waals surface area contributed by atoms with E-state index < -0.39 is 4.92 Å². The summed E-state index contributed by atoms with van der Waals surface area (Å²) >= 11 is 0. The molecule has 3 rings (SSSR count). The van der Waals surface area contributed by atoms with Crippen LogP contribution in [-0.2, 0) is 9.59 Å². The lowest BCUT2D eigenvalue weighted by molar-refractivity contribution is -0.384. The summed E-state index contributed by atoms with van der Waals surface area (Å²) in [5.74, 6) is -0.806. The highest BCUT2D eigenvalue weighted by Crippen LogP contribution is 2.38. The predicted octanol–water partition coefficient (Wildman–Crippen LogP) is 2.10. The van der Waals surface area contributed by atoms with Crippen molar-refractivity contribution in [1.29, 1.82) is 0 Å². The van der Waals surface area contributed by atoms with E-state index in [1.54, 1.807) is 0 Å². The first kappa shape index (κ1) is 13.5. The second-order valence-corrected chi connectivity index (χ2v) is 5.43. The summed E-state index contributed by atoms with van der Waals surface area (Å²) in [4.78, 5) is 34.6. The zero-order chi connectivity index (χ0) is 15.0. The molecule has 1 saturated heterocycles. The summed E-state index contributed by atoms with van der Waals surface area (Å²) in [7, 11) is 0. The van der Waals surface area contributed by atoms with Gasteiger partial charge < -0.3 is 0 Å². The molecule has 1 aliphatic carbocycles. The van der Waals surface area contributed by atoms with Crippen LogP contribution in [0.2, 0.25) is 0 Å². The number of fused-ring (bicyclic) bond motifs is 1. The third-order valence-electron chi connectivity index (χ3n) is 4.16. The number of nitrogens with zero attached hydrogens (tertiary/aromatic N) is 2. The van der Waals surface area contributed by atoms with Gasteiger partial charge in [-0.1, -0.05) is 12.8 Å². The van der Waals surface area contributed by atoms with Crippen molar-refractivity contribution in [3.63, 3.8) is 0 Å². The maximum absolute atomic E-state index is 12.3. The van der Waals surface area contributed by atoms with Gasteiger partial charge >= 0.3 is 0 Å². The number of rotatable bonds is 3. The topological polar surface area (TPSA) is 92.6 Å². The van der Waals surface area contributed by atoms with Crippen molar-refractivity contribution >= 4 is 23.2 Å². The first-order valence-corrected chi connectivity index (χ1v) is 6.97. The highest BCUT2D eigenvalue weighted by Gasteiger charge is 2.48. The molecular formula is C14H15N3O4. The lowest BCUT2D eigenvalue weighted by atomic mass is 9.81. The summed E-state index contributed by atoms with van der Waals surface area (Å²) in [6.45, 7) is 0. The Labute approximate surface area is 121 Å². The van der Waals surface area contributed by atoms with Gasteiger partial charge in [0.05, 0.1) is 22.4 Å². The van der Waals surface area contributed by atoms with Crippen LogP contribution in [0.25, 0.3) is 0 Å². The molecule has 0 spiro atoms. The quantitative estimate of drug-likeness (QED) is 0.522. The van der Waals surface area contributed by atoms with Gasteiger partial charge in [0, 0.05) is 12.1 Å². The number of nitrogens with one attached hydrogen (secondary N) is 1. The van der Waals surface area contributed by atoms with Crippen LogP contribution in [0.4, 0.5) is 11.4 Å². The van der Waals surface area contributed by atoms with Crippen LogP contribution in [0.5, 0.6) is 0 Å². The molecule has 2 aliphatic rings. The molecule has 1 heterocycles. The zero-order valence-corrected chi connectivity index (χ0v) is 11.3. The van der Waals surface area contributed by atoms with Gasteiger partial charge in [-0.05, 0) is 25.0 Å². The molecular weight excluding hydrogens is 274 g/mol. The Bertz CT molecular complexity index is 575. The summed E-state index contributed by atoms with van der Waals surface area (Å²) < 4.78 is 0. The van der Waals surface area contributed by atoms with Crippen LogP contribution in [-0.4, -0.2) is 21.7 Å². The third kappa shape index (κ3) is 2.35. The summed E-state index contributed by atoms with van der Waals surface area (Å²) in [6, 6.07) is 5.64. The Balaban J connectivity index is 1.76. The number of amides is 2. The SMILES string of the molecule is O=C1C2CCCCC2C(=O)N1Nc1ccc([N+](=O)[O-])cc1. The van der Waals surface area contributed by atoms with Crippen molar-refractivity contribution in [3.05, 3.63) is 34.4 Å². The molecule has 21 heavy (non-hydrogen) atoms. The minimum atomic E-state index is -0.496. The number of hydrazine groups is 1. The number of anilines is 1. The zero-order valence-electron chi connectivity index (χ0n) is 11.3. The lowest BCUT2D eigenvalue weighted by Gasteiger charge is -2.19. The molecule has 2 fully saturated rings. The number of nitro groups is 1. The first-order chi connectivity index (χ1) is 10.1. The number of carbonyl (C=O) groups is 2. The van der Waals surface area contributed by atoms with Crippen LogP contribution in [0.15, 0.2) is 24.3 Å². The Morgan fingerprint density at radius 1 is 1.05 bits per heavy atom. The van der Waals surface area contributed by atoms with E-state index in [0.29, 0.717) is 5.69 Å². The number of hydrogen-bond donors (Lipinski definition) is 1. The van der Waals surface area contributed by atoms with Crippen LogP contribution < -0.4 is 5.43 Å². The fraction of sp³-hybridized carbons (Fsp3) is 0.429. The Morgan fingerprint density at radius 3 is 2.05 bits per heavy atom. The van der Waals surface area contributed by atoms with Crippen molar-refractivity contribution in [2.75, 3.05) is 5.43 Å². The van der Waals surface area contributed by atoms with Gasteiger partial charge in [-0.25, -0.2) is 0 Å². The second kappa shape index (κ2) is 5.16. The van der Waals surface area contributed by atoms with Crippen molar-refractivity contribution in [2.45, 2.75) is 25.7 Å². The van der Waals surface area contributed by atoms with E-state index in [0.717, 1.165) is 30.7 Å². The molecule has 0 aromatic heterocycles. The van der Waals surface area contributed by atoms with Gasteiger partial charge in [0.1, 0.15) is 0 Å². The molecule has 1 aliphatic heterocycles. The fourth-order valence-electron chi connectivity index (χ4n) is 3.06. The third-order valence-corrected chi connectivity index (χ3v) is 4.16. The van der Waals surface area contributed by atoms with Crippen molar-refractivity contribution in [2.24, 2.45) is 11.8 Å². The molecule has 2 unspecified atom stereocenters. The van der Waals surface area contributed by atoms with Gasteiger partial charge in [-0.2, -0.15) is 5.01 Å². The van der Waals surface area contributed by atoms with Crippen LogP contribution >= 0.6 is 0 Å². The standard InChI is InChI=1S/C14H15N3O4/c18-13-11-3-1-2-4-12(11)14(19)16(13)15-9-5-7-10(8-6-9)17(20)21/h5-8,11-12,15H,1-4H2. The normalized spacial score (nSPS) is 24.9. The number of benzene rings is 1. The first-order valence-electron chi connectivity index (χ1n) is 6.97. The van der Waals surface area contributed by atoms with E-state index in [-0.39, 0.29) is 29.3 Å². The average molecular weight is 289 g/mol. The van der Waals surface area contributed by atoms with Crippen molar-refractivity contribution in [3.8, 4) is 0 Å². The molecule has 1 aromatic rings. The highest BCUT2D eigenvalue weighted by atomic mass is 16.6. The average Bonchev–Trinajstić information content (AvgIpc) is 2.73. The van der Waals surface area contributed by atoms with Crippen molar-refractivity contribution < 1.29 is 14.5 Å². The number of imide groups is 1. The number of carbonyl (C=O) groups excluding carboxylic acids is 2. The Kier molecular flexibility index (Phi) is 3.32. The van der Waals surface area contributed by atoms with Gasteiger partial charge in [0.2, 0.25) is 0 Å². The minimum absolute atomic E-state index is 0.0340. The molecule has 2 atom stereocenters. The lowest BCUT2D eigenvalue weighted by Crippen LogP contribution is -2.36.